The van der Waals surface area contributed by atoms with E-state index in [2.05, 4.69) is 29.1 Å². The lowest BCUT2D eigenvalue weighted by Gasteiger charge is -2.05. The summed E-state index contributed by atoms with van der Waals surface area (Å²) in [6.07, 6.45) is 5.48. The standard InChI is InChI=1S/C13H19N3O/c1-3-5-9-15-13(17)12-7-6-11(10-16-12)14-8-4-2/h4,6-7,10,14H,2-3,5,8-9H2,1H3,(H,15,17). The summed E-state index contributed by atoms with van der Waals surface area (Å²) in [7, 11) is 0. The predicted octanol–water partition coefficient (Wildman–Crippen LogP) is 2.21. The van der Waals surface area contributed by atoms with E-state index in [1.165, 1.54) is 0 Å². The first-order chi connectivity index (χ1) is 8.27. The van der Waals surface area contributed by atoms with E-state index in [0.29, 0.717) is 18.8 Å². The van der Waals surface area contributed by atoms with Crippen molar-refractivity contribution in [2.75, 3.05) is 18.4 Å². The molecule has 0 radical (unpaired) electrons. The minimum atomic E-state index is -0.117. The van der Waals surface area contributed by atoms with Gasteiger partial charge >= 0.3 is 0 Å². The first-order valence-electron chi connectivity index (χ1n) is 5.87. The fourth-order valence-corrected chi connectivity index (χ4v) is 1.29. The van der Waals surface area contributed by atoms with Crippen LogP contribution in [0.2, 0.25) is 0 Å². The summed E-state index contributed by atoms with van der Waals surface area (Å²) in [4.78, 5) is 15.7. The summed E-state index contributed by atoms with van der Waals surface area (Å²) in [6.45, 7) is 7.09. The monoisotopic (exact) mass is 233 g/mol. The lowest BCUT2D eigenvalue weighted by molar-refractivity contribution is 0.0948. The molecule has 0 aliphatic heterocycles. The zero-order chi connectivity index (χ0) is 12.5. The van der Waals surface area contributed by atoms with Crippen molar-refractivity contribution < 1.29 is 4.79 Å². The highest BCUT2D eigenvalue weighted by Crippen LogP contribution is 2.05. The molecule has 0 fully saturated rings. The first kappa shape index (κ1) is 13.2. The lowest BCUT2D eigenvalue weighted by atomic mass is 10.3. The average molecular weight is 233 g/mol. The Balaban J connectivity index is 2.48. The summed E-state index contributed by atoms with van der Waals surface area (Å²) in [5.41, 5.74) is 1.33. The number of rotatable bonds is 7. The van der Waals surface area contributed by atoms with E-state index < -0.39 is 0 Å². The van der Waals surface area contributed by atoms with E-state index in [4.69, 9.17) is 0 Å². The number of hydrogen-bond acceptors (Lipinski definition) is 3. The summed E-state index contributed by atoms with van der Waals surface area (Å²) in [5, 5.41) is 5.92. The normalized spacial score (nSPS) is 9.71. The molecule has 1 heterocycles. The van der Waals surface area contributed by atoms with Crippen molar-refractivity contribution in [2.24, 2.45) is 0 Å². The van der Waals surface area contributed by atoms with Crippen molar-refractivity contribution in [3.8, 4) is 0 Å². The van der Waals surface area contributed by atoms with Crippen LogP contribution in [0.4, 0.5) is 5.69 Å². The van der Waals surface area contributed by atoms with E-state index in [-0.39, 0.29) is 5.91 Å². The third-order valence-corrected chi connectivity index (χ3v) is 2.26. The number of pyridine rings is 1. The summed E-state index contributed by atoms with van der Waals surface area (Å²) in [6, 6.07) is 3.55. The highest BCUT2D eigenvalue weighted by Gasteiger charge is 2.05. The maximum atomic E-state index is 11.6. The molecular formula is C13H19N3O. The fourth-order valence-electron chi connectivity index (χ4n) is 1.29. The molecule has 0 spiro atoms. The van der Waals surface area contributed by atoms with Crippen molar-refractivity contribution in [1.29, 1.82) is 0 Å². The summed E-state index contributed by atoms with van der Waals surface area (Å²) in [5.74, 6) is -0.117. The van der Waals surface area contributed by atoms with Crippen molar-refractivity contribution in [3.05, 3.63) is 36.7 Å². The van der Waals surface area contributed by atoms with Crippen molar-refractivity contribution in [2.45, 2.75) is 19.8 Å². The van der Waals surface area contributed by atoms with Crippen LogP contribution in [0.3, 0.4) is 0 Å². The van der Waals surface area contributed by atoms with Gasteiger partial charge in [0.05, 0.1) is 11.9 Å². The minimum absolute atomic E-state index is 0.117. The Bertz CT molecular complexity index is 359. The summed E-state index contributed by atoms with van der Waals surface area (Å²) < 4.78 is 0. The second-order valence-electron chi connectivity index (χ2n) is 3.71. The van der Waals surface area contributed by atoms with Crippen molar-refractivity contribution in [1.82, 2.24) is 10.3 Å². The molecule has 0 saturated carbocycles. The largest absolute Gasteiger partial charge is 0.380 e. The molecule has 0 aliphatic rings. The Morgan fingerprint density at radius 1 is 1.53 bits per heavy atom. The third kappa shape index (κ3) is 4.68. The van der Waals surface area contributed by atoms with E-state index in [1.54, 1.807) is 18.3 Å². The van der Waals surface area contributed by atoms with Gasteiger partial charge < -0.3 is 10.6 Å². The molecule has 4 heteroatoms. The number of nitrogens with one attached hydrogen (secondary N) is 2. The third-order valence-electron chi connectivity index (χ3n) is 2.26. The second-order valence-corrected chi connectivity index (χ2v) is 3.71. The number of aromatic nitrogens is 1. The van der Waals surface area contributed by atoms with Crippen molar-refractivity contribution >= 4 is 11.6 Å². The molecule has 0 saturated heterocycles. The van der Waals surface area contributed by atoms with Gasteiger partial charge in [-0.25, -0.2) is 4.98 Å². The zero-order valence-electron chi connectivity index (χ0n) is 10.2. The molecule has 1 aromatic heterocycles. The molecular weight excluding hydrogens is 214 g/mol. The molecule has 92 valence electrons. The molecule has 4 nitrogen and oxygen atoms in total. The van der Waals surface area contributed by atoms with Crippen LogP contribution in [0.15, 0.2) is 31.0 Å². The molecule has 0 atom stereocenters. The molecule has 17 heavy (non-hydrogen) atoms. The molecule has 0 unspecified atom stereocenters. The lowest BCUT2D eigenvalue weighted by Crippen LogP contribution is -2.25. The van der Waals surface area contributed by atoms with Gasteiger partial charge in [0.1, 0.15) is 5.69 Å². The highest BCUT2D eigenvalue weighted by molar-refractivity contribution is 5.92. The topological polar surface area (TPSA) is 54.0 Å². The van der Waals surface area contributed by atoms with Crippen LogP contribution >= 0.6 is 0 Å². The van der Waals surface area contributed by atoms with E-state index in [9.17, 15) is 4.79 Å². The van der Waals surface area contributed by atoms with E-state index in [0.717, 1.165) is 18.5 Å². The molecule has 1 aromatic rings. The van der Waals surface area contributed by atoms with Crippen LogP contribution in [-0.2, 0) is 0 Å². The Morgan fingerprint density at radius 3 is 2.94 bits per heavy atom. The summed E-state index contributed by atoms with van der Waals surface area (Å²) >= 11 is 0. The Morgan fingerprint density at radius 2 is 2.35 bits per heavy atom. The quantitative estimate of drug-likeness (QED) is 0.561. The van der Waals surface area contributed by atoms with Crippen LogP contribution in [0.1, 0.15) is 30.3 Å². The fraction of sp³-hybridized carbons (Fsp3) is 0.385. The SMILES string of the molecule is C=CCNc1ccc(C(=O)NCCCC)nc1. The highest BCUT2D eigenvalue weighted by atomic mass is 16.1. The van der Waals surface area contributed by atoms with Crippen LogP contribution in [0.5, 0.6) is 0 Å². The maximum absolute atomic E-state index is 11.6. The Labute approximate surface area is 102 Å². The van der Waals surface area contributed by atoms with Gasteiger partial charge in [0.2, 0.25) is 0 Å². The first-order valence-corrected chi connectivity index (χ1v) is 5.87. The van der Waals surface area contributed by atoms with Crippen molar-refractivity contribution in [3.63, 3.8) is 0 Å². The van der Waals surface area contributed by atoms with Crippen LogP contribution < -0.4 is 10.6 Å². The maximum Gasteiger partial charge on any atom is 0.269 e. The number of amides is 1. The molecule has 0 bridgehead atoms. The zero-order valence-corrected chi connectivity index (χ0v) is 10.2. The van der Waals surface area contributed by atoms with Crippen LogP contribution in [0, 0.1) is 0 Å². The second kappa shape index (κ2) is 7.44. The number of anilines is 1. The number of hydrogen-bond donors (Lipinski definition) is 2. The molecule has 1 amide bonds. The van der Waals surface area contributed by atoms with Crippen LogP contribution in [0.25, 0.3) is 0 Å². The number of carbonyl (C=O) groups excluding carboxylic acids is 1. The van der Waals surface area contributed by atoms with Gasteiger partial charge in [-0.15, -0.1) is 6.58 Å². The van der Waals surface area contributed by atoms with Gasteiger partial charge in [-0.05, 0) is 18.6 Å². The predicted molar refractivity (Wildman–Crippen MR) is 70.2 cm³/mol. The smallest absolute Gasteiger partial charge is 0.269 e. The van der Waals surface area contributed by atoms with E-state index in [1.807, 2.05) is 6.07 Å². The van der Waals surface area contributed by atoms with Gasteiger partial charge in [0.15, 0.2) is 0 Å². The van der Waals surface area contributed by atoms with Gasteiger partial charge in [-0.2, -0.15) is 0 Å². The Kier molecular flexibility index (Phi) is 5.79. The molecule has 0 aliphatic carbocycles. The van der Waals surface area contributed by atoms with Gasteiger partial charge in [0.25, 0.3) is 5.91 Å². The van der Waals surface area contributed by atoms with Gasteiger partial charge in [0, 0.05) is 13.1 Å². The number of nitrogens with zero attached hydrogens (tertiary/aromatic N) is 1. The Hall–Kier alpha value is -1.84. The minimum Gasteiger partial charge on any atom is -0.380 e. The van der Waals surface area contributed by atoms with Crippen LogP contribution in [-0.4, -0.2) is 24.0 Å². The number of carbonyl (C=O) groups is 1. The number of unbranched alkanes of at least 4 members (excludes halogenated alkanes) is 1. The molecule has 2 N–H and O–H groups in total. The molecule has 1 rings (SSSR count). The van der Waals surface area contributed by atoms with Gasteiger partial charge in [-0.1, -0.05) is 19.4 Å². The van der Waals surface area contributed by atoms with E-state index >= 15 is 0 Å². The average Bonchev–Trinajstić information content (AvgIpc) is 2.37. The van der Waals surface area contributed by atoms with Gasteiger partial charge in [-0.3, -0.25) is 4.79 Å². The molecule has 0 aromatic carbocycles.